The van der Waals surface area contributed by atoms with Crippen LogP contribution in [0.5, 0.6) is 0 Å². The maximum absolute atomic E-state index is 11.9. The Morgan fingerprint density at radius 1 is 1.14 bits per heavy atom. The molecule has 0 fully saturated rings. The predicted molar refractivity (Wildman–Crippen MR) is 83.3 cm³/mol. The molecule has 2 N–H and O–H groups in total. The number of hydrogen-bond acceptors (Lipinski definition) is 4. The molecule has 0 bridgehead atoms. The molecular formula is C18H17NO3. The van der Waals surface area contributed by atoms with Crippen LogP contribution in [0.25, 0.3) is 11.1 Å². The topological polar surface area (TPSA) is 69.4 Å². The fraction of sp³-hybridized carbons (Fsp3) is 0.222. The average molecular weight is 295 g/mol. The molecule has 1 aliphatic carbocycles. The van der Waals surface area contributed by atoms with E-state index < -0.39 is 11.5 Å². The van der Waals surface area contributed by atoms with Crippen molar-refractivity contribution in [3.8, 4) is 11.1 Å². The highest BCUT2D eigenvalue weighted by Gasteiger charge is 2.33. The Labute approximate surface area is 128 Å². The fourth-order valence-corrected chi connectivity index (χ4v) is 2.80. The van der Waals surface area contributed by atoms with Gasteiger partial charge in [-0.25, -0.2) is 4.79 Å². The zero-order chi connectivity index (χ0) is 15.7. The first-order chi connectivity index (χ1) is 10.5. The summed E-state index contributed by atoms with van der Waals surface area (Å²) in [6, 6.07) is 16.1. The summed E-state index contributed by atoms with van der Waals surface area (Å²) in [4.78, 5) is 22.7. The van der Waals surface area contributed by atoms with E-state index >= 15 is 0 Å². The standard InChI is InChI=1S/C18H17NO3/c1-18(19,11-20)17(21)22-10-16-14-8-4-2-6-12(14)13-7-3-5-9-15(13)16/h2-9,11,16H,10,19H2,1H3. The van der Waals surface area contributed by atoms with Crippen LogP contribution in [0, 0.1) is 0 Å². The summed E-state index contributed by atoms with van der Waals surface area (Å²) >= 11 is 0. The van der Waals surface area contributed by atoms with E-state index in [1.54, 1.807) is 0 Å². The van der Waals surface area contributed by atoms with E-state index in [1.807, 2.05) is 36.4 Å². The molecule has 0 spiro atoms. The molecule has 0 saturated heterocycles. The summed E-state index contributed by atoms with van der Waals surface area (Å²) in [6.45, 7) is 1.52. The van der Waals surface area contributed by atoms with Gasteiger partial charge in [0.15, 0.2) is 11.8 Å². The minimum atomic E-state index is -1.60. The number of hydrogen-bond donors (Lipinski definition) is 1. The Kier molecular flexibility index (Phi) is 3.54. The number of fused-ring (bicyclic) bond motifs is 3. The van der Waals surface area contributed by atoms with Crippen LogP contribution >= 0.6 is 0 Å². The molecule has 0 heterocycles. The lowest BCUT2D eigenvalue weighted by Crippen LogP contribution is -2.48. The zero-order valence-electron chi connectivity index (χ0n) is 12.3. The van der Waals surface area contributed by atoms with Crippen molar-refractivity contribution >= 4 is 12.3 Å². The van der Waals surface area contributed by atoms with Gasteiger partial charge in [-0.05, 0) is 29.2 Å². The second-order valence-electron chi connectivity index (χ2n) is 5.73. The first-order valence-electron chi connectivity index (χ1n) is 7.15. The number of nitrogens with two attached hydrogens (primary N) is 1. The number of esters is 1. The SMILES string of the molecule is CC(N)(C=O)C(=O)OCC1c2ccccc2-c2ccccc21. The third-order valence-electron chi connectivity index (χ3n) is 4.03. The van der Waals surface area contributed by atoms with Gasteiger partial charge in [0, 0.05) is 5.92 Å². The van der Waals surface area contributed by atoms with E-state index in [-0.39, 0.29) is 12.5 Å². The van der Waals surface area contributed by atoms with Crippen molar-refractivity contribution in [1.82, 2.24) is 0 Å². The van der Waals surface area contributed by atoms with E-state index in [2.05, 4.69) is 12.1 Å². The molecule has 3 rings (SSSR count). The Bertz CT molecular complexity index is 691. The molecular weight excluding hydrogens is 278 g/mol. The number of ether oxygens (including phenoxy) is 1. The van der Waals surface area contributed by atoms with Gasteiger partial charge in [0.25, 0.3) is 0 Å². The average Bonchev–Trinajstić information content (AvgIpc) is 2.87. The zero-order valence-corrected chi connectivity index (χ0v) is 12.3. The third kappa shape index (κ3) is 2.31. The fourth-order valence-electron chi connectivity index (χ4n) is 2.80. The van der Waals surface area contributed by atoms with Crippen LogP contribution in [0.2, 0.25) is 0 Å². The van der Waals surface area contributed by atoms with Gasteiger partial charge in [-0.2, -0.15) is 0 Å². The van der Waals surface area contributed by atoms with Crippen molar-refractivity contribution in [3.05, 3.63) is 59.7 Å². The monoisotopic (exact) mass is 295 g/mol. The molecule has 2 aromatic rings. The maximum Gasteiger partial charge on any atom is 0.333 e. The Morgan fingerprint density at radius 2 is 1.64 bits per heavy atom. The summed E-state index contributed by atoms with van der Waals surface area (Å²) < 4.78 is 5.30. The summed E-state index contributed by atoms with van der Waals surface area (Å²) in [5.41, 5.74) is 8.56. The summed E-state index contributed by atoms with van der Waals surface area (Å²) in [6.07, 6.45) is 0.409. The van der Waals surface area contributed by atoms with Crippen LogP contribution < -0.4 is 5.73 Å². The molecule has 1 atom stereocenters. The number of carbonyl (C=O) groups excluding carboxylic acids is 2. The van der Waals surface area contributed by atoms with Gasteiger partial charge < -0.3 is 15.3 Å². The van der Waals surface area contributed by atoms with Crippen molar-refractivity contribution in [2.45, 2.75) is 18.4 Å². The van der Waals surface area contributed by atoms with Crippen molar-refractivity contribution in [3.63, 3.8) is 0 Å². The molecule has 4 heteroatoms. The highest BCUT2D eigenvalue weighted by molar-refractivity contribution is 5.97. The second kappa shape index (κ2) is 5.39. The van der Waals surface area contributed by atoms with Crippen LogP contribution in [0.1, 0.15) is 24.0 Å². The molecule has 1 aliphatic rings. The Hall–Kier alpha value is -2.46. The van der Waals surface area contributed by atoms with Crippen LogP contribution in [-0.2, 0) is 14.3 Å². The molecule has 0 radical (unpaired) electrons. The van der Waals surface area contributed by atoms with Gasteiger partial charge in [0.05, 0.1) is 0 Å². The highest BCUT2D eigenvalue weighted by Crippen LogP contribution is 2.44. The van der Waals surface area contributed by atoms with Crippen molar-refractivity contribution in [2.24, 2.45) is 5.73 Å². The van der Waals surface area contributed by atoms with Gasteiger partial charge >= 0.3 is 5.97 Å². The maximum atomic E-state index is 11.9. The summed E-state index contributed by atoms with van der Waals surface area (Å²) in [5.74, 6) is -0.733. The normalized spacial score (nSPS) is 15.5. The molecule has 0 saturated carbocycles. The first kappa shape index (κ1) is 14.5. The molecule has 22 heavy (non-hydrogen) atoms. The van der Waals surface area contributed by atoms with Crippen LogP contribution in [0.15, 0.2) is 48.5 Å². The Morgan fingerprint density at radius 3 is 2.14 bits per heavy atom. The van der Waals surface area contributed by atoms with Crippen LogP contribution in [-0.4, -0.2) is 24.4 Å². The predicted octanol–water partition coefficient (Wildman–Crippen LogP) is 2.26. The van der Waals surface area contributed by atoms with E-state index in [0.717, 1.165) is 22.3 Å². The van der Waals surface area contributed by atoms with Crippen molar-refractivity contribution in [2.75, 3.05) is 6.61 Å². The highest BCUT2D eigenvalue weighted by atomic mass is 16.5. The second-order valence-corrected chi connectivity index (χ2v) is 5.73. The van der Waals surface area contributed by atoms with Gasteiger partial charge in [-0.1, -0.05) is 48.5 Å². The number of rotatable bonds is 4. The van der Waals surface area contributed by atoms with E-state index in [4.69, 9.17) is 10.5 Å². The minimum absolute atomic E-state index is 0.0289. The number of carbonyl (C=O) groups is 2. The molecule has 2 aromatic carbocycles. The van der Waals surface area contributed by atoms with Crippen molar-refractivity contribution in [1.29, 1.82) is 0 Å². The third-order valence-corrected chi connectivity index (χ3v) is 4.03. The van der Waals surface area contributed by atoms with Crippen LogP contribution in [0.4, 0.5) is 0 Å². The number of aldehydes is 1. The Balaban J connectivity index is 1.89. The molecule has 4 nitrogen and oxygen atoms in total. The smallest absolute Gasteiger partial charge is 0.333 e. The lowest BCUT2D eigenvalue weighted by atomic mass is 9.98. The molecule has 0 amide bonds. The van der Waals surface area contributed by atoms with Crippen LogP contribution in [0.3, 0.4) is 0 Å². The minimum Gasteiger partial charge on any atom is -0.463 e. The first-order valence-corrected chi connectivity index (χ1v) is 7.15. The van der Waals surface area contributed by atoms with Gasteiger partial charge in [-0.3, -0.25) is 0 Å². The number of benzene rings is 2. The van der Waals surface area contributed by atoms with E-state index in [9.17, 15) is 9.59 Å². The molecule has 0 aromatic heterocycles. The summed E-state index contributed by atoms with van der Waals surface area (Å²) in [5, 5.41) is 0. The van der Waals surface area contributed by atoms with Crippen molar-refractivity contribution < 1.29 is 14.3 Å². The van der Waals surface area contributed by atoms with Gasteiger partial charge in [0.2, 0.25) is 0 Å². The quantitative estimate of drug-likeness (QED) is 0.533. The van der Waals surface area contributed by atoms with Gasteiger partial charge in [0.1, 0.15) is 6.61 Å². The summed E-state index contributed by atoms with van der Waals surface area (Å²) in [7, 11) is 0. The largest absolute Gasteiger partial charge is 0.463 e. The van der Waals surface area contributed by atoms with Gasteiger partial charge in [-0.15, -0.1) is 0 Å². The van der Waals surface area contributed by atoms with E-state index in [1.165, 1.54) is 6.92 Å². The lowest BCUT2D eigenvalue weighted by Gasteiger charge is -2.19. The molecule has 0 aliphatic heterocycles. The molecule has 112 valence electrons. The lowest BCUT2D eigenvalue weighted by molar-refractivity contribution is -0.151. The molecule has 1 unspecified atom stereocenters. The van der Waals surface area contributed by atoms with E-state index in [0.29, 0.717) is 6.29 Å².